The molecule has 0 saturated heterocycles. The average Bonchev–Trinajstić information content (AvgIpc) is 2.76. The Morgan fingerprint density at radius 3 is 2.06 bits per heavy atom. The van der Waals surface area contributed by atoms with Crippen molar-refractivity contribution in [2.45, 2.75) is 50.4 Å². The lowest BCUT2D eigenvalue weighted by atomic mass is 10.1. The molecule has 34 heavy (non-hydrogen) atoms. The highest BCUT2D eigenvalue weighted by Gasteiger charge is 2.30. The molecule has 4 unspecified atom stereocenters. The van der Waals surface area contributed by atoms with Crippen LogP contribution >= 0.6 is 11.8 Å². The van der Waals surface area contributed by atoms with Crippen LogP contribution in [0, 0.1) is 0 Å². The molecule has 1 aromatic carbocycles. The van der Waals surface area contributed by atoms with Gasteiger partial charge in [0, 0.05) is 0 Å². The molecule has 1 aromatic rings. The number of aliphatic carboxylic acids is 2. The Labute approximate surface area is 200 Å². The SMILES string of the molecule is CSCCC(NC(=O)C(CC(=O)O)NC(=O)C(C)NC(=O)C(N)Cc1ccc(O)cc1)C(=O)O. The second-order valence-corrected chi connectivity index (χ2v) is 8.53. The van der Waals surface area contributed by atoms with E-state index in [0.717, 1.165) is 0 Å². The van der Waals surface area contributed by atoms with E-state index in [0.29, 0.717) is 11.3 Å². The van der Waals surface area contributed by atoms with Crippen LogP contribution in [0.5, 0.6) is 5.75 Å². The number of rotatable bonds is 14. The minimum atomic E-state index is -1.55. The van der Waals surface area contributed by atoms with Gasteiger partial charge in [-0.05, 0) is 49.5 Å². The van der Waals surface area contributed by atoms with Gasteiger partial charge in [0.15, 0.2) is 0 Å². The van der Waals surface area contributed by atoms with Crippen molar-refractivity contribution in [2.75, 3.05) is 12.0 Å². The van der Waals surface area contributed by atoms with Crippen LogP contribution in [0.2, 0.25) is 0 Å². The van der Waals surface area contributed by atoms with Crippen LogP contribution in [0.25, 0.3) is 0 Å². The largest absolute Gasteiger partial charge is 0.508 e. The fourth-order valence-electron chi connectivity index (χ4n) is 2.81. The zero-order valence-corrected chi connectivity index (χ0v) is 19.6. The molecule has 0 fully saturated rings. The summed E-state index contributed by atoms with van der Waals surface area (Å²) in [7, 11) is 0. The fourth-order valence-corrected chi connectivity index (χ4v) is 3.28. The first-order chi connectivity index (χ1) is 15.9. The van der Waals surface area contributed by atoms with Gasteiger partial charge in [0.05, 0.1) is 12.5 Å². The molecule has 0 spiro atoms. The van der Waals surface area contributed by atoms with Gasteiger partial charge in [-0.3, -0.25) is 19.2 Å². The number of phenolic OH excluding ortho intramolecular Hbond substituents is 1. The fraction of sp³-hybridized carbons (Fsp3) is 0.476. The molecule has 0 saturated carbocycles. The lowest BCUT2D eigenvalue weighted by Gasteiger charge is -2.23. The van der Waals surface area contributed by atoms with Gasteiger partial charge >= 0.3 is 11.9 Å². The first-order valence-electron chi connectivity index (χ1n) is 10.3. The first-order valence-corrected chi connectivity index (χ1v) is 11.7. The summed E-state index contributed by atoms with van der Waals surface area (Å²) >= 11 is 1.38. The van der Waals surface area contributed by atoms with E-state index < -0.39 is 60.2 Å². The summed E-state index contributed by atoms with van der Waals surface area (Å²) in [6, 6.07) is 1.11. The molecule has 0 heterocycles. The molecule has 0 aliphatic heterocycles. The van der Waals surface area contributed by atoms with Crippen LogP contribution in [-0.2, 0) is 30.4 Å². The third-order valence-corrected chi connectivity index (χ3v) is 5.36. The van der Waals surface area contributed by atoms with Crippen molar-refractivity contribution in [2.24, 2.45) is 5.73 Å². The van der Waals surface area contributed by atoms with Gasteiger partial charge in [-0.25, -0.2) is 4.79 Å². The average molecular weight is 499 g/mol. The van der Waals surface area contributed by atoms with Crippen LogP contribution in [0.4, 0.5) is 0 Å². The maximum Gasteiger partial charge on any atom is 0.326 e. The highest BCUT2D eigenvalue weighted by Crippen LogP contribution is 2.11. The molecule has 12 nitrogen and oxygen atoms in total. The van der Waals surface area contributed by atoms with E-state index in [-0.39, 0.29) is 18.6 Å². The van der Waals surface area contributed by atoms with E-state index in [1.165, 1.54) is 30.8 Å². The van der Waals surface area contributed by atoms with Crippen molar-refractivity contribution >= 4 is 41.4 Å². The number of hydrogen-bond acceptors (Lipinski definition) is 8. The van der Waals surface area contributed by atoms with E-state index in [4.69, 9.17) is 10.8 Å². The normalized spacial score (nSPS) is 14.2. The second-order valence-electron chi connectivity index (χ2n) is 7.55. The number of nitrogens with two attached hydrogens (primary N) is 1. The summed E-state index contributed by atoms with van der Waals surface area (Å²) in [5, 5.41) is 34.5. The van der Waals surface area contributed by atoms with Crippen LogP contribution in [-0.4, -0.2) is 81.2 Å². The van der Waals surface area contributed by atoms with Crippen LogP contribution in [0.1, 0.15) is 25.3 Å². The lowest BCUT2D eigenvalue weighted by Crippen LogP contribution is -2.57. The predicted octanol–water partition coefficient (Wildman–Crippen LogP) is -0.951. The highest BCUT2D eigenvalue weighted by molar-refractivity contribution is 7.98. The zero-order valence-electron chi connectivity index (χ0n) is 18.8. The Balaban J connectivity index is 2.74. The molecule has 4 atom stereocenters. The maximum atomic E-state index is 12.5. The summed E-state index contributed by atoms with van der Waals surface area (Å²) in [5.41, 5.74) is 6.55. The van der Waals surface area contributed by atoms with Gasteiger partial charge in [-0.2, -0.15) is 11.8 Å². The van der Waals surface area contributed by atoms with E-state index in [9.17, 15) is 34.2 Å². The van der Waals surface area contributed by atoms with Crippen molar-refractivity contribution < 1.29 is 39.3 Å². The van der Waals surface area contributed by atoms with Crippen LogP contribution in [0.15, 0.2) is 24.3 Å². The monoisotopic (exact) mass is 498 g/mol. The molecular formula is C21H30N4O8S. The number of aromatic hydroxyl groups is 1. The van der Waals surface area contributed by atoms with Crippen molar-refractivity contribution in [1.29, 1.82) is 0 Å². The number of phenols is 1. The molecule has 0 bridgehead atoms. The lowest BCUT2D eigenvalue weighted by molar-refractivity contribution is -0.143. The Kier molecular flexibility index (Phi) is 11.9. The number of carbonyl (C=O) groups excluding carboxylic acids is 3. The van der Waals surface area contributed by atoms with E-state index in [2.05, 4.69) is 16.0 Å². The Hall–Kier alpha value is -3.32. The molecule has 0 radical (unpaired) electrons. The maximum absolute atomic E-state index is 12.5. The molecular weight excluding hydrogens is 468 g/mol. The molecule has 0 aliphatic carbocycles. The second kappa shape index (κ2) is 14.1. The number of carbonyl (C=O) groups is 5. The number of thioether (sulfide) groups is 1. The van der Waals surface area contributed by atoms with Gasteiger partial charge in [0.1, 0.15) is 23.9 Å². The Morgan fingerprint density at radius 1 is 0.941 bits per heavy atom. The molecule has 1 rings (SSSR count). The molecule has 3 amide bonds. The number of carboxylic acids is 2. The van der Waals surface area contributed by atoms with E-state index in [1.54, 1.807) is 18.4 Å². The molecule has 0 aromatic heterocycles. The number of hydrogen-bond donors (Lipinski definition) is 7. The van der Waals surface area contributed by atoms with E-state index >= 15 is 0 Å². The smallest absolute Gasteiger partial charge is 0.326 e. The summed E-state index contributed by atoms with van der Waals surface area (Å²) in [6.45, 7) is 1.33. The van der Waals surface area contributed by atoms with Crippen LogP contribution < -0.4 is 21.7 Å². The number of benzene rings is 1. The summed E-state index contributed by atoms with van der Waals surface area (Å²) in [4.78, 5) is 59.8. The Bertz CT molecular complexity index is 880. The quantitative estimate of drug-likeness (QED) is 0.167. The third-order valence-electron chi connectivity index (χ3n) is 4.72. The van der Waals surface area contributed by atoms with Crippen molar-refractivity contribution in [3.63, 3.8) is 0 Å². The first kappa shape index (κ1) is 28.7. The predicted molar refractivity (Wildman–Crippen MR) is 124 cm³/mol. The van der Waals surface area contributed by atoms with Gasteiger partial charge in [-0.15, -0.1) is 0 Å². The number of carboxylic acid groups (broad SMARTS) is 2. The molecule has 13 heteroatoms. The molecule has 0 aliphatic rings. The topological polar surface area (TPSA) is 208 Å². The highest BCUT2D eigenvalue weighted by atomic mass is 32.2. The summed E-state index contributed by atoms with van der Waals surface area (Å²) < 4.78 is 0. The third kappa shape index (κ3) is 10.1. The molecule has 188 valence electrons. The van der Waals surface area contributed by atoms with Gasteiger partial charge in [-0.1, -0.05) is 12.1 Å². The minimum Gasteiger partial charge on any atom is -0.508 e. The van der Waals surface area contributed by atoms with Gasteiger partial charge < -0.3 is 37.0 Å². The molecule has 8 N–H and O–H groups in total. The summed E-state index contributed by atoms with van der Waals surface area (Å²) in [6.07, 6.45) is 1.23. The Morgan fingerprint density at radius 2 is 1.53 bits per heavy atom. The van der Waals surface area contributed by atoms with Crippen LogP contribution in [0.3, 0.4) is 0 Å². The minimum absolute atomic E-state index is 0.0611. The van der Waals surface area contributed by atoms with E-state index in [1.807, 2.05) is 0 Å². The zero-order chi connectivity index (χ0) is 25.8. The van der Waals surface area contributed by atoms with Crippen molar-refractivity contribution in [3.8, 4) is 5.75 Å². The van der Waals surface area contributed by atoms with Crippen molar-refractivity contribution in [3.05, 3.63) is 29.8 Å². The van der Waals surface area contributed by atoms with Gasteiger partial charge in [0.25, 0.3) is 0 Å². The summed E-state index contributed by atoms with van der Waals surface area (Å²) in [5.74, 6) is -4.63. The van der Waals surface area contributed by atoms with Gasteiger partial charge in [0.2, 0.25) is 17.7 Å². The number of amides is 3. The van der Waals surface area contributed by atoms with Crippen molar-refractivity contribution in [1.82, 2.24) is 16.0 Å². The number of nitrogens with one attached hydrogen (secondary N) is 3. The standard InChI is InChI=1S/C21H30N4O8S/c1-11(23-19(30)14(22)9-12-3-5-13(26)6-4-12)18(29)25-16(10-17(27)28)20(31)24-15(21(32)33)7-8-34-2/h3-6,11,14-16,26H,7-10,22H2,1-2H3,(H,23,30)(H,24,31)(H,25,29)(H,27,28)(H,32,33).